The summed E-state index contributed by atoms with van der Waals surface area (Å²) in [6.45, 7) is 4.15. The van der Waals surface area contributed by atoms with Gasteiger partial charge in [-0.05, 0) is 99.6 Å². The molecule has 0 fully saturated rings. The molecule has 238 valence electrons. The molecule has 8 rings (SSSR count). The monoisotopic (exact) mass is 641 g/mol. The van der Waals surface area contributed by atoms with E-state index in [0.29, 0.717) is 0 Å². The molecule has 50 heavy (non-hydrogen) atoms. The normalized spacial score (nSPS) is 11.7. The lowest BCUT2D eigenvalue weighted by molar-refractivity contribution is 0.669. The van der Waals surface area contributed by atoms with Crippen LogP contribution in [0.1, 0.15) is 5.56 Å². The van der Waals surface area contributed by atoms with Gasteiger partial charge in [0, 0.05) is 27.8 Å². The van der Waals surface area contributed by atoms with Crippen molar-refractivity contribution in [2.45, 2.75) is 0 Å². The first-order valence-electron chi connectivity index (χ1n) is 16.9. The average molecular weight is 642 g/mol. The summed E-state index contributed by atoms with van der Waals surface area (Å²) in [6.07, 6.45) is 8.19. The maximum atomic E-state index is 6.21. The van der Waals surface area contributed by atoms with E-state index in [2.05, 4.69) is 175 Å². The molecule has 0 atom stereocenters. The Labute approximate surface area is 293 Å². The third-order valence-electron chi connectivity index (χ3n) is 9.09. The highest BCUT2D eigenvalue weighted by Crippen LogP contribution is 2.36. The van der Waals surface area contributed by atoms with Gasteiger partial charge < -0.3 is 9.32 Å². The third kappa shape index (κ3) is 6.31. The number of nitrogens with zero attached hydrogens (tertiary/aromatic N) is 1. The van der Waals surface area contributed by atoms with Crippen LogP contribution in [0.25, 0.3) is 61.4 Å². The van der Waals surface area contributed by atoms with Gasteiger partial charge in [-0.1, -0.05) is 146 Å². The largest absolute Gasteiger partial charge is 0.456 e. The highest BCUT2D eigenvalue weighted by atomic mass is 16.3. The summed E-state index contributed by atoms with van der Waals surface area (Å²) in [5, 5.41) is 2.26. The van der Waals surface area contributed by atoms with Crippen LogP contribution in [-0.4, -0.2) is 0 Å². The summed E-state index contributed by atoms with van der Waals surface area (Å²) in [7, 11) is 0. The second-order valence-electron chi connectivity index (χ2n) is 12.3. The fourth-order valence-corrected chi connectivity index (χ4v) is 6.51. The zero-order valence-electron chi connectivity index (χ0n) is 27.6. The second kappa shape index (κ2) is 13.8. The molecule has 0 amide bonds. The van der Waals surface area contributed by atoms with E-state index >= 15 is 0 Å². The van der Waals surface area contributed by atoms with E-state index in [4.69, 9.17) is 4.42 Å². The molecular formula is C48H35NO. The zero-order chi connectivity index (χ0) is 33.7. The van der Waals surface area contributed by atoms with Crippen LogP contribution in [0.3, 0.4) is 0 Å². The molecule has 2 nitrogen and oxygen atoms in total. The smallest absolute Gasteiger partial charge is 0.135 e. The number of allylic oxidation sites excluding steroid dienone is 3. The van der Waals surface area contributed by atoms with E-state index in [1.165, 1.54) is 22.3 Å². The molecule has 0 aliphatic heterocycles. The molecule has 0 unspecified atom stereocenters. The molecule has 0 spiro atoms. The number of para-hydroxylation sites is 1. The number of hydrogen-bond acceptors (Lipinski definition) is 2. The predicted octanol–water partition coefficient (Wildman–Crippen LogP) is 13.5. The Morgan fingerprint density at radius 2 is 0.900 bits per heavy atom. The van der Waals surface area contributed by atoms with Gasteiger partial charge in [0.15, 0.2) is 0 Å². The van der Waals surface area contributed by atoms with E-state index < -0.39 is 0 Å². The van der Waals surface area contributed by atoms with Gasteiger partial charge in [0.1, 0.15) is 11.2 Å². The van der Waals surface area contributed by atoms with Crippen LogP contribution in [0.2, 0.25) is 0 Å². The van der Waals surface area contributed by atoms with Crippen molar-refractivity contribution in [3.8, 4) is 33.4 Å². The van der Waals surface area contributed by atoms with Crippen LogP contribution in [0.4, 0.5) is 11.4 Å². The van der Waals surface area contributed by atoms with Crippen molar-refractivity contribution in [3.05, 3.63) is 212 Å². The van der Waals surface area contributed by atoms with Gasteiger partial charge in [-0.2, -0.15) is 0 Å². The molecule has 0 radical (unpaired) electrons. The molecular weight excluding hydrogens is 607 g/mol. The van der Waals surface area contributed by atoms with Gasteiger partial charge in [0.25, 0.3) is 0 Å². The minimum Gasteiger partial charge on any atom is -0.456 e. The van der Waals surface area contributed by atoms with Crippen LogP contribution in [0.5, 0.6) is 0 Å². The molecule has 1 heterocycles. The molecule has 8 aromatic rings. The SMILES string of the molecule is C=C/C(=C\C=C\c1ccccc1)N(c1ccccc1)c1ccc(-c2ccc(-c3ccc4oc5ccc(-c6ccccc6)cc5c4c3)cc2)cc1. The number of fused-ring (bicyclic) bond motifs is 3. The van der Waals surface area contributed by atoms with E-state index in [9.17, 15) is 0 Å². The standard InChI is InChI=1S/C48H35NO/c1-2-42(20-12-15-35-13-6-3-7-14-35)49(43-18-10-5-11-19-43)44-29-25-38(26-30-44)37-21-23-39(24-22-37)41-28-32-48-46(34-41)45-33-40(27-31-47(45)50-48)36-16-8-4-9-17-36/h2-34H,1H2/b15-12+,42-20+. The van der Waals surface area contributed by atoms with E-state index in [-0.39, 0.29) is 0 Å². The Hall–Kier alpha value is -6.64. The first kappa shape index (κ1) is 30.7. The number of rotatable bonds is 9. The summed E-state index contributed by atoms with van der Waals surface area (Å²) in [5.74, 6) is 0. The fourth-order valence-electron chi connectivity index (χ4n) is 6.51. The third-order valence-corrected chi connectivity index (χ3v) is 9.09. The van der Waals surface area contributed by atoms with Gasteiger partial charge >= 0.3 is 0 Å². The van der Waals surface area contributed by atoms with Crippen molar-refractivity contribution in [2.24, 2.45) is 0 Å². The van der Waals surface area contributed by atoms with Crippen molar-refractivity contribution < 1.29 is 4.42 Å². The highest BCUT2D eigenvalue weighted by molar-refractivity contribution is 6.07. The summed E-state index contributed by atoms with van der Waals surface area (Å²) < 4.78 is 6.21. The predicted molar refractivity (Wildman–Crippen MR) is 212 cm³/mol. The van der Waals surface area contributed by atoms with Crippen molar-refractivity contribution in [1.82, 2.24) is 0 Å². The minimum atomic E-state index is 0.900. The Morgan fingerprint density at radius 3 is 1.46 bits per heavy atom. The molecule has 0 saturated heterocycles. The average Bonchev–Trinajstić information content (AvgIpc) is 3.56. The van der Waals surface area contributed by atoms with Crippen LogP contribution >= 0.6 is 0 Å². The lowest BCUT2D eigenvalue weighted by Crippen LogP contribution is -2.14. The second-order valence-corrected chi connectivity index (χ2v) is 12.3. The topological polar surface area (TPSA) is 16.4 Å². The van der Waals surface area contributed by atoms with Crippen molar-refractivity contribution >= 4 is 39.4 Å². The maximum absolute atomic E-state index is 6.21. The number of benzene rings is 7. The molecule has 0 aliphatic rings. The highest BCUT2D eigenvalue weighted by Gasteiger charge is 2.14. The summed E-state index contributed by atoms with van der Waals surface area (Å²) in [5.41, 5.74) is 13.1. The van der Waals surface area contributed by atoms with Crippen molar-refractivity contribution in [3.63, 3.8) is 0 Å². The first-order chi connectivity index (χ1) is 24.7. The van der Waals surface area contributed by atoms with Crippen LogP contribution < -0.4 is 4.90 Å². The van der Waals surface area contributed by atoms with E-state index in [0.717, 1.165) is 55.7 Å². The van der Waals surface area contributed by atoms with Gasteiger partial charge in [-0.3, -0.25) is 0 Å². The van der Waals surface area contributed by atoms with Gasteiger partial charge in [-0.25, -0.2) is 0 Å². The molecule has 2 heteroatoms. The van der Waals surface area contributed by atoms with E-state index in [1.54, 1.807) is 0 Å². The first-order valence-corrected chi connectivity index (χ1v) is 16.9. The lowest BCUT2D eigenvalue weighted by Gasteiger charge is -2.26. The number of furan rings is 1. The zero-order valence-corrected chi connectivity index (χ0v) is 27.6. The van der Waals surface area contributed by atoms with Crippen LogP contribution in [0.15, 0.2) is 211 Å². The number of hydrogen-bond donors (Lipinski definition) is 0. The van der Waals surface area contributed by atoms with Gasteiger partial charge in [-0.15, -0.1) is 0 Å². The van der Waals surface area contributed by atoms with Crippen molar-refractivity contribution in [1.29, 1.82) is 0 Å². The summed E-state index contributed by atoms with van der Waals surface area (Å²) in [6, 6.07) is 61.7. The molecule has 7 aromatic carbocycles. The van der Waals surface area contributed by atoms with Crippen LogP contribution in [0, 0.1) is 0 Å². The van der Waals surface area contributed by atoms with E-state index in [1.807, 2.05) is 36.4 Å². The summed E-state index contributed by atoms with van der Waals surface area (Å²) >= 11 is 0. The molecule has 0 aliphatic carbocycles. The minimum absolute atomic E-state index is 0.900. The summed E-state index contributed by atoms with van der Waals surface area (Å²) in [4.78, 5) is 2.23. The molecule has 0 bridgehead atoms. The number of anilines is 2. The Kier molecular flexibility index (Phi) is 8.49. The van der Waals surface area contributed by atoms with Crippen LogP contribution in [-0.2, 0) is 0 Å². The lowest BCUT2D eigenvalue weighted by atomic mass is 9.98. The van der Waals surface area contributed by atoms with Crippen molar-refractivity contribution in [2.75, 3.05) is 4.90 Å². The maximum Gasteiger partial charge on any atom is 0.135 e. The molecule has 0 N–H and O–H groups in total. The Morgan fingerprint density at radius 1 is 0.460 bits per heavy atom. The van der Waals surface area contributed by atoms with Gasteiger partial charge in [0.05, 0.1) is 0 Å². The quantitative estimate of drug-likeness (QED) is 0.146. The fraction of sp³-hybridized carbons (Fsp3) is 0. The molecule has 1 aromatic heterocycles. The molecule has 0 saturated carbocycles. The Bertz CT molecular complexity index is 2450. The van der Waals surface area contributed by atoms with Gasteiger partial charge in [0.2, 0.25) is 0 Å². The Balaban J connectivity index is 1.07.